The van der Waals surface area contributed by atoms with Gasteiger partial charge in [0.05, 0.1) is 5.75 Å². The van der Waals surface area contributed by atoms with E-state index in [4.69, 9.17) is 4.74 Å². The number of ether oxygens (including phenoxy) is 1. The van der Waals surface area contributed by atoms with E-state index in [0.29, 0.717) is 31.4 Å². The van der Waals surface area contributed by atoms with Crippen LogP contribution in [0.25, 0.3) is 0 Å². The molecule has 0 aromatic heterocycles. The molecule has 1 spiro atoms. The van der Waals surface area contributed by atoms with Crippen LogP contribution in [0.5, 0.6) is 0 Å². The lowest BCUT2D eigenvalue weighted by molar-refractivity contribution is -0.135. The number of nitrogens with one attached hydrogen (secondary N) is 1. The van der Waals surface area contributed by atoms with Crippen molar-refractivity contribution in [3.8, 4) is 0 Å². The van der Waals surface area contributed by atoms with Crippen LogP contribution in [0.4, 0.5) is 28.0 Å². The fraction of sp³-hybridized carbons (Fsp3) is 0.719. The summed E-state index contributed by atoms with van der Waals surface area (Å²) in [6.45, 7) is 9.28. The molecule has 1 aromatic carbocycles. The Hall–Kier alpha value is -2.74. The highest BCUT2D eigenvalue weighted by atomic mass is 32.2. The van der Waals surface area contributed by atoms with E-state index in [-0.39, 0.29) is 56.8 Å². The van der Waals surface area contributed by atoms with Gasteiger partial charge in [0.2, 0.25) is 10.0 Å². The van der Waals surface area contributed by atoms with Crippen LogP contribution in [0.2, 0.25) is 0 Å². The summed E-state index contributed by atoms with van der Waals surface area (Å²) in [5.41, 5.74) is 1.38. The van der Waals surface area contributed by atoms with E-state index in [1.54, 1.807) is 27.8 Å². The number of hydrogen-bond acceptors (Lipinski definition) is 6. The quantitative estimate of drug-likeness (QED) is 0.189. The summed E-state index contributed by atoms with van der Waals surface area (Å²) in [7, 11) is -2.04. The molecule has 1 fully saturated rings. The molecular formula is C32H48F4N4O5S. The van der Waals surface area contributed by atoms with Crippen LogP contribution in [0.3, 0.4) is 0 Å². The van der Waals surface area contributed by atoms with E-state index in [1.807, 2.05) is 26.0 Å². The number of alkyl halides is 4. The van der Waals surface area contributed by atoms with Gasteiger partial charge in [-0.3, -0.25) is 14.7 Å². The van der Waals surface area contributed by atoms with Gasteiger partial charge >= 0.3 is 12.3 Å². The fourth-order valence-electron chi connectivity index (χ4n) is 5.83. The molecule has 0 radical (unpaired) electrons. The van der Waals surface area contributed by atoms with Gasteiger partial charge < -0.3 is 10.1 Å². The van der Waals surface area contributed by atoms with Crippen LogP contribution in [-0.4, -0.2) is 79.9 Å². The van der Waals surface area contributed by atoms with Crippen molar-refractivity contribution < 1.29 is 40.3 Å². The van der Waals surface area contributed by atoms with E-state index in [1.165, 1.54) is 9.21 Å². The largest absolute Gasteiger partial charge is 0.443 e. The summed E-state index contributed by atoms with van der Waals surface area (Å²) in [5, 5.41) is 2.55. The van der Waals surface area contributed by atoms with Gasteiger partial charge in [-0.15, -0.1) is 0 Å². The van der Waals surface area contributed by atoms with Gasteiger partial charge in [0.15, 0.2) is 6.17 Å². The molecule has 1 N–H and O–H groups in total. The number of benzene rings is 1. The molecule has 0 saturated carbocycles. The zero-order chi connectivity index (χ0) is 34.5. The third-order valence-electron chi connectivity index (χ3n) is 8.50. The van der Waals surface area contributed by atoms with Gasteiger partial charge in [-0.25, -0.2) is 21.9 Å². The van der Waals surface area contributed by atoms with Gasteiger partial charge in [0, 0.05) is 32.2 Å². The number of halogens is 4. The first-order valence-electron chi connectivity index (χ1n) is 15.9. The zero-order valence-electron chi connectivity index (χ0n) is 27.7. The van der Waals surface area contributed by atoms with E-state index in [2.05, 4.69) is 10.3 Å². The topological polar surface area (TPSA) is 108 Å². The zero-order valence-corrected chi connectivity index (χ0v) is 28.5. The number of rotatable bonds is 13. The van der Waals surface area contributed by atoms with Gasteiger partial charge in [0.25, 0.3) is 5.91 Å². The SMILES string of the molecule is Cc1cc(N(C)C(=O)OC(C)(C)C)cc(C)c1CCS(=O)(=O)N1CCC2(CC1)N=C(C(F)CCCCCCCC(F)(F)F)NC2=O. The highest BCUT2D eigenvalue weighted by Crippen LogP contribution is 2.33. The Kier molecular flexibility index (Phi) is 12.3. The maximum absolute atomic E-state index is 14.9. The van der Waals surface area contributed by atoms with Crippen LogP contribution in [0.15, 0.2) is 17.1 Å². The van der Waals surface area contributed by atoms with Crippen LogP contribution < -0.4 is 10.2 Å². The second kappa shape index (κ2) is 15.0. The van der Waals surface area contributed by atoms with Crippen LogP contribution in [-0.2, 0) is 26.0 Å². The van der Waals surface area contributed by atoms with Crippen molar-refractivity contribution in [2.24, 2.45) is 4.99 Å². The first kappa shape index (κ1) is 37.7. The average Bonchev–Trinajstić information content (AvgIpc) is 3.25. The minimum absolute atomic E-state index is 0.0508. The lowest BCUT2D eigenvalue weighted by Gasteiger charge is -2.34. The number of carbonyl (C=O) groups is 2. The smallest absolute Gasteiger partial charge is 0.414 e. The van der Waals surface area contributed by atoms with Crippen molar-refractivity contribution >= 4 is 33.5 Å². The average molecular weight is 677 g/mol. The Labute approximate surface area is 270 Å². The molecule has 1 atom stereocenters. The first-order chi connectivity index (χ1) is 21.2. The molecular weight excluding hydrogens is 628 g/mol. The molecule has 1 unspecified atom stereocenters. The third-order valence-corrected chi connectivity index (χ3v) is 10.4. The van der Waals surface area contributed by atoms with Gasteiger partial charge in [-0.2, -0.15) is 13.2 Å². The Morgan fingerprint density at radius 1 is 1.07 bits per heavy atom. The second-order valence-electron chi connectivity index (χ2n) is 13.4. The van der Waals surface area contributed by atoms with Crippen molar-refractivity contribution in [2.75, 3.05) is 30.8 Å². The molecule has 0 bridgehead atoms. The van der Waals surface area contributed by atoms with E-state index >= 15 is 0 Å². The Bertz CT molecular complexity index is 1360. The maximum Gasteiger partial charge on any atom is 0.414 e. The van der Waals surface area contributed by atoms with Crippen molar-refractivity contribution in [1.29, 1.82) is 0 Å². The van der Waals surface area contributed by atoms with Gasteiger partial charge in [-0.05, 0) is 95.5 Å². The first-order valence-corrected chi connectivity index (χ1v) is 17.5. The van der Waals surface area contributed by atoms with E-state index in [9.17, 15) is 35.6 Å². The van der Waals surface area contributed by atoms with Crippen molar-refractivity contribution in [3.05, 3.63) is 28.8 Å². The molecule has 2 aliphatic rings. The lowest BCUT2D eigenvalue weighted by atomic mass is 9.89. The molecule has 2 aliphatic heterocycles. The summed E-state index contributed by atoms with van der Waals surface area (Å²) in [6.07, 6.45) is -4.21. The number of amides is 2. The molecule has 2 amide bonds. The highest BCUT2D eigenvalue weighted by Gasteiger charge is 2.48. The van der Waals surface area contributed by atoms with Gasteiger partial charge in [-0.1, -0.05) is 25.7 Å². The molecule has 1 aromatic rings. The lowest BCUT2D eigenvalue weighted by Crippen LogP contribution is -2.51. The van der Waals surface area contributed by atoms with E-state index in [0.717, 1.165) is 16.7 Å². The Morgan fingerprint density at radius 3 is 2.20 bits per heavy atom. The van der Waals surface area contributed by atoms with Crippen LogP contribution in [0.1, 0.15) is 95.2 Å². The third kappa shape index (κ3) is 10.4. The number of sulfonamides is 1. The number of anilines is 1. The summed E-state index contributed by atoms with van der Waals surface area (Å²) in [4.78, 5) is 31.2. The molecule has 260 valence electrons. The van der Waals surface area contributed by atoms with Crippen LogP contribution >= 0.6 is 0 Å². The van der Waals surface area contributed by atoms with Crippen molar-refractivity contribution in [2.45, 2.75) is 122 Å². The standard InChI is InChI=1S/C32H48F4N4O5S/c1-22-20-24(39(6)29(42)45-30(3,4)5)21-23(2)25(22)13-19-46(43,44)40-17-15-31(16-18-40)28(41)37-27(38-31)26(33)12-10-8-7-9-11-14-32(34,35)36/h20-21,26H,7-19H2,1-6H3,(H,37,38,41). The predicted molar refractivity (Wildman–Crippen MR) is 170 cm³/mol. The number of piperidine rings is 1. The monoisotopic (exact) mass is 676 g/mol. The molecule has 1 saturated heterocycles. The highest BCUT2D eigenvalue weighted by molar-refractivity contribution is 7.89. The molecule has 3 rings (SSSR count). The maximum atomic E-state index is 14.9. The summed E-state index contributed by atoms with van der Waals surface area (Å²) in [5.74, 6) is -0.617. The number of aryl methyl sites for hydroxylation is 2. The van der Waals surface area contributed by atoms with Crippen molar-refractivity contribution in [1.82, 2.24) is 9.62 Å². The Morgan fingerprint density at radius 2 is 1.63 bits per heavy atom. The molecule has 14 heteroatoms. The Balaban J connectivity index is 1.52. The van der Waals surface area contributed by atoms with Crippen LogP contribution in [0, 0.1) is 13.8 Å². The van der Waals surface area contributed by atoms with Crippen molar-refractivity contribution in [3.63, 3.8) is 0 Å². The van der Waals surface area contributed by atoms with Gasteiger partial charge in [0.1, 0.15) is 17.0 Å². The molecule has 9 nitrogen and oxygen atoms in total. The number of aliphatic imine (C=N–C) groups is 1. The minimum Gasteiger partial charge on any atom is -0.443 e. The number of nitrogens with zero attached hydrogens (tertiary/aromatic N) is 3. The summed E-state index contributed by atoms with van der Waals surface area (Å²) in [6, 6.07) is 3.66. The van der Waals surface area contributed by atoms with E-state index < -0.39 is 51.9 Å². The summed E-state index contributed by atoms with van der Waals surface area (Å²) < 4.78 is 85.0. The minimum atomic E-state index is -4.16. The number of unbranched alkanes of at least 4 members (excludes halogenated alkanes) is 4. The normalized spacial score (nSPS) is 18.0. The fourth-order valence-corrected chi connectivity index (χ4v) is 7.29. The predicted octanol–water partition coefficient (Wildman–Crippen LogP) is 6.54. The summed E-state index contributed by atoms with van der Waals surface area (Å²) >= 11 is 0. The molecule has 2 heterocycles. The number of hydrogen-bond donors (Lipinski definition) is 1. The molecule has 0 aliphatic carbocycles. The second-order valence-corrected chi connectivity index (χ2v) is 15.5. The molecule has 46 heavy (non-hydrogen) atoms. The number of amidine groups is 1. The number of carbonyl (C=O) groups excluding carboxylic acids is 2.